The number of rotatable bonds is 4. The molecule has 0 saturated heterocycles. The maximum atomic E-state index is 13.0. The van der Waals surface area contributed by atoms with E-state index in [2.05, 4.69) is 15.5 Å². The summed E-state index contributed by atoms with van der Waals surface area (Å²) in [4.78, 5) is 0. The van der Waals surface area contributed by atoms with Crippen LogP contribution in [-0.2, 0) is 6.54 Å². The normalized spacial score (nSPS) is 22.6. The summed E-state index contributed by atoms with van der Waals surface area (Å²) in [6.07, 6.45) is -0.655. The molecule has 2 aromatic rings. The minimum atomic E-state index is -4.10. The number of fused-ring (bicyclic) bond motifs is 1. The summed E-state index contributed by atoms with van der Waals surface area (Å²) in [6.45, 7) is 1.51. The zero-order chi connectivity index (χ0) is 18.9. The van der Waals surface area contributed by atoms with Gasteiger partial charge in [-0.1, -0.05) is 6.42 Å². The zero-order valence-electron chi connectivity index (χ0n) is 14.8. The fourth-order valence-corrected chi connectivity index (χ4v) is 3.82. The highest BCUT2D eigenvalue weighted by atomic mass is 19.4. The molecule has 1 aromatic carbocycles. The third kappa shape index (κ3) is 4.05. The molecule has 2 heterocycles. The van der Waals surface area contributed by atoms with Gasteiger partial charge in [-0.15, -0.1) is 0 Å². The Labute approximate surface area is 155 Å². The molecule has 1 fully saturated rings. The zero-order valence-corrected chi connectivity index (χ0v) is 14.8. The van der Waals surface area contributed by atoms with Crippen molar-refractivity contribution in [1.82, 2.24) is 15.5 Å². The van der Waals surface area contributed by atoms with E-state index in [1.54, 1.807) is 6.20 Å². The molecule has 1 aliphatic heterocycles. The van der Waals surface area contributed by atoms with Gasteiger partial charge in [0, 0.05) is 23.7 Å². The fraction of sp³-hybridized carbons (Fsp3) is 0.526. The van der Waals surface area contributed by atoms with E-state index in [1.165, 1.54) is 0 Å². The van der Waals surface area contributed by atoms with E-state index in [4.69, 9.17) is 9.47 Å². The Morgan fingerprint density at radius 2 is 1.96 bits per heavy atom. The van der Waals surface area contributed by atoms with Crippen molar-refractivity contribution in [2.24, 2.45) is 5.92 Å². The lowest BCUT2D eigenvalue weighted by molar-refractivity contribution is -0.183. The molecular weight excluding hydrogens is 359 g/mol. The average molecular weight is 381 g/mol. The third-order valence-electron chi connectivity index (χ3n) is 5.27. The minimum Gasteiger partial charge on any atom is -0.486 e. The molecule has 146 valence electrons. The second kappa shape index (κ2) is 7.42. The Hall–Kier alpha value is -2.22. The summed E-state index contributed by atoms with van der Waals surface area (Å²) in [5.41, 5.74) is 2.66. The first-order valence-corrected chi connectivity index (χ1v) is 9.23. The van der Waals surface area contributed by atoms with Crippen LogP contribution in [0.5, 0.6) is 11.5 Å². The van der Waals surface area contributed by atoms with E-state index < -0.39 is 12.1 Å². The molecule has 0 unspecified atom stereocenters. The first-order chi connectivity index (χ1) is 13.0. The SMILES string of the molecule is FC(F)(F)[C@@H]1CCC[C@H](NCc2cn[nH]c2-c2ccc3c(c2)OCCO3)C1. The molecular formula is C19H22F3N3O2. The molecule has 0 amide bonds. The number of alkyl halides is 3. The molecule has 4 rings (SSSR count). The number of H-pyrrole nitrogens is 1. The number of benzene rings is 1. The van der Waals surface area contributed by atoms with Crippen LogP contribution >= 0.6 is 0 Å². The van der Waals surface area contributed by atoms with Gasteiger partial charge in [0.15, 0.2) is 11.5 Å². The smallest absolute Gasteiger partial charge is 0.391 e. The summed E-state index contributed by atoms with van der Waals surface area (Å²) in [6, 6.07) is 5.54. The summed E-state index contributed by atoms with van der Waals surface area (Å²) < 4.78 is 50.1. The van der Waals surface area contributed by atoms with E-state index in [-0.39, 0.29) is 18.9 Å². The summed E-state index contributed by atoms with van der Waals surface area (Å²) in [5, 5.41) is 10.4. The van der Waals surface area contributed by atoms with Gasteiger partial charge >= 0.3 is 6.18 Å². The molecule has 8 heteroatoms. The summed E-state index contributed by atoms with van der Waals surface area (Å²) in [7, 11) is 0. The molecule has 2 aliphatic rings. The van der Waals surface area contributed by atoms with E-state index in [0.29, 0.717) is 37.7 Å². The van der Waals surface area contributed by atoms with Crippen LogP contribution in [0.4, 0.5) is 13.2 Å². The van der Waals surface area contributed by atoms with Crippen molar-refractivity contribution in [3.8, 4) is 22.8 Å². The molecule has 2 N–H and O–H groups in total. The van der Waals surface area contributed by atoms with Crippen molar-refractivity contribution in [1.29, 1.82) is 0 Å². The van der Waals surface area contributed by atoms with Crippen LogP contribution in [0.2, 0.25) is 0 Å². The number of nitrogens with zero attached hydrogens (tertiary/aromatic N) is 1. The number of nitrogens with one attached hydrogen (secondary N) is 2. The standard InChI is InChI=1S/C19H22F3N3O2/c20-19(21,22)14-2-1-3-15(9-14)23-10-13-11-24-25-18(13)12-4-5-16-17(8-12)27-7-6-26-16/h4-5,8,11,14-15,23H,1-3,6-7,9-10H2,(H,24,25)/t14-,15+/m1/s1. The summed E-state index contributed by atoms with van der Waals surface area (Å²) >= 11 is 0. The van der Waals surface area contributed by atoms with Crippen LogP contribution in [0.15, 0.2) is 24.4 Å². The van der Waals surface area contributed by atoms with Gasteiger partial charge in [0.2, 0.25) is 0 Å². The van der Waals surface area contributed by atoms with E-state index in [1.807, 2.05) is 18.2 Å². The lowest BCUT2D eigenvalue weighted by Crippen LogP contribution is -2.38. The predicted octanol–water partition coefficient (Wildman–Crippen LogP) is 4.06. The Bertz CT molecular complexity index is 791. The number of aromatic nitrogens is 2. The van der Waals surface area contributed by atoms with Gasteiger partial charge in [-0.3, -0.25) is 5.10 Å². The average Bonchev–Trinajstić information content (AvgIpc) is 3.14. The Morgan fingerprint density at radius 1 is 1.15 bits per heavy atom. The van der Waals surface area contributed by atoms with E-state index in [9.17, 15) is 13.2 Å². The van der Waals surface area contributed by atoms with Crippen LogP contribution in [0, 0.1) is 5.92 Å². The van der Waals surface area contributed by atoms with Crippen LogP contribution in [0.1, 0.15) is 31.2 Å². The monoisotopic (exact) mass is 381 g/mol. The lowest BCUT2D eigenvalue weighted by Gasteiger charge is -2.31. The Kier molecular flexibility index (Phi) is 4.99. The molecule has 0 bridgehead atoms. The van der Waals surface area contributed by atoms with Crippen molar-refractivity contribution in [2.45, 2.75) is 44.4 Å². The van der Waals surface area contributed by atoms with Crippen LogP contribution in [-0.4, -0.2) is 35.6 Å². The second-order valence-corrected chi connectivity index (χ2v) is 7.11. The van der Waals surface area contributed by atoms with Gasteiger partial charge in [-0.2, -0.15) is 18.3 Å². The highest BCUT2D eigenvalue weighted by molar-refractivity contribution is 5.66. The largest absolute Gasteiger partial charge is 0.486 e. The maximum absolute atomic E-state index is 13.0. The highest BCUT2D eigenvalue weighted by Crippen LogP contribution is 2.38. The molecule has 0 radical (unpaired) electrons. The van der Waals surface area contributed by atoms with E-state index >= 15 is 0 Å². The molecule has 5 nitrogen and oxygen atoms in total. The molecule has 2 atom stereocenters. The topological polar surface area (TPSA) is 59.2 Å². The number of halogens is 3. The van der Waals surface area contributed by atoms with Crippen molar-refractivity contribution in [3.05, 3.63) is 30.0 Å². The van der Waals surface area contributed by atoms with Gasteiger partial charge in [-0.05, 0) is 37.5 Å². The highest BCUT2D eigenvalue weighted by Gasteiger charge is 2.42. The van der Waals surface area contributed by atoms with Crippen LogP contribution in [0.25, 0.3) is 11.3 Å². The van der Waals surface area contributed by atoms with Crippen LogP contribution in [0.3, 0.4) is 0 Å². The maximum Gasteiger partial charge on any atom is 0.391 e. The van der Waals surface area contributed by atoms with Crippen molar-refractivity contribution in [3.63, 3.8) is 0 Å². The number of hydrogen-bond donors (Lipinski definition) is 2. The molecule has 27 heavy (non-hydrogen) atoms. The molecule has 1 aliphatic carbocycles. The fourth-order valence-electron chi connectivity index (χ4n) is 3.82. The number of hydrogen-bond acceptors (Lipinski definition) is 4. The molecule has 1 saturated carbocycles. The Balaban J connectivity index is 1.44. The van der Waals surface area contributed by atoms with Crippen molar-refractivity contribution < 1.29 is 22.6 Å². The van der Waals surface area contributed by atoms with Gasteiger partial charge in [-0.25, -0.2) is 0 Å². The lowest BCUT2D eigenvalue weighted by atomic mass is 9.85. The third-order valence-corrected chi connectivity index (χ3v) is 5.27. The van der Waals surface area contributed by atoms with Gasteiger partial charge in [0.1, 0.15) is 13.2 Å². The second-order valence-electron chi connectivity index (χ2n) is 7.11. The first-order valence-electron chi connectivity index (χ1n) is 9.23. The Morgan fingerprint density at radius 3 is 2.78 bits per heavy atom. The summed E-state index contributed by atoms with van der Waals surface area (Å²) in [5.74, 6) is 0.197. The first kappa shape index (κ1) is 18.2. The van der Waals surface area contributed by atoms with Gasteiger partial charge in [0.25, 0.3) is 0 Å². The number of aromatic amines is 1. The number of ether oxygens (including phenoxy) is 2. The molecule has 1 aromatic heterocycles. The molecule has 0 spiro atoms. The van der Waals surface area contributed by atoms with Gasteiger partial charge < -0.3 is 14.8 Å². The van der Waals surface area contributed by atoms with Crippen LogP contribution < -0.4 is 14.8 Å². The van der Waals surface area contributed by atoms with E-state index in [0.717, 1.165) is 23.2 Å². The van der Waals surface area contributed by atoms with Gasteiger partial charge in [0.05, 0.1) is 17.8 Å². The van der Waals surface area contributed by atoms with Crippen molar-refractivity contribution in [2.75, 3.05) is 13.2 Å². The van der Waals surface area contributed by atoms with Crippen molar-refractivity contribution >= 4 is 0 Å². The predicted molar refractivity (Wildman–Crippen MR) is 93.7 cm³/mol. The minimum absolute atomic E-state index is 0.131. The quantitative estimate of drug-likeness (QED) is 0.839.